The third-order valence-corrected chi connectivity index (χ3v) is 4.29. The Hall–Kier alpha value is -1.63. The van der Waals surface area contributed by atoms with E-state index in [9.17, 15) is 0 Å². The van der Waals surface area contributed by atoms with Crippen LogP contribution >= 0.6 is 0 Å². The van der Waals surface area contributed by atoms with Gasteiger partial charge in [-0.05, 0) is 54.9 Å². The first kappa shape index (κ1) is 16.7. The molecule has 2 rings (SSSR count). The molecule has 1 heteroatoms. The number of hydrogen-bond acceptors (Lipinski definition) is 0. The van der Waals surface area contributed by atoms with Gasteiger partial charge in [-0.2, -0.15) is 0 Å². The Balaban J connectivity index is 2.47. The first-order chi connectivity index (χ1) is 10.2. The quantitative estimate of drug-likeness (QED) is 0.706. The molecule has 0 aliphatic rings. The number of rotatable bonds is 3. The average Bonchev–Trinajstić information content (AvgIpc) is 2.41. The highest BCUT2D eigenvalue weighted by Crippen LogP contribution is 2.26. The maximum absolute atomic E-state index is 2.34. The van der Waals surface area contributed by atoms with Crippen molar-refractivity contribution < 1.29 is 4.57 Å². The van der Waals surface area contributed by atoms with Crippen molar-refractivity contribution in [3.63, 3.8) is 0 Å². The summed E-state index contributed by atoms with van der Waals surface area (Å²) in [7, 11) is 2.16. The van der Waals surface area contributed by atoms with Crippen LogP contribution in [-0.4, -0.2) is 0 Å². The largest absolute Gasteiger partial charge is 0.212 e. The average molecular weight is 296 g/mol. The Morgan fingerprint density at radius 1 is 1.00 bits per heavy atom. The molecule has 1 aromatic heterocycles. The molecule has 0 amide bonds. The van der Waals surface area contributed by atoms with E-state index in [4.69, 9.17) is 0 Å². The summed E-state index contributed by atoms with van der Waals surface area (Å²) in [5, 5.41) is 0. The van der Waals surface area contributed by atoms with Crippen LogP contribution in [0.2, 0.25) is 0 Å². The Morgan fingerprint density at radius 2 is 1.68 bits per heavy atom. The summed E-state index contributed by atoms with van der Waals surface area (Å²) < 4.78 is 2.28. The second kappa shape index (κ2) is 6.24. The molecule has 0 unspecified atom stereocenters. The van der Waals surface area contributed by atoms with Gasteiger partial charge in [-0.15, -0.1) is 0 Å². The Morgan fingerprint density at radius 3 is 2.23 bits per heavy atom. The highest BCUT2D eigenvalue weighted by Gasteiger charge is 2.19. The van der Waals surface area contributed by atoms with Gasteiger partial charge in [0.1, 0.15) is 7.05 Å². The molecule has 0 saturated carbocycles. The fourth-order valence-electron chi connectivity index (χ4n) is 3.06. The fourth-order valence-corrected chi connectivity index (χ4v) is 3.06. The predicted octanol–water partition coefficient (Wildman–Crippen LogP) is 4.95. The molecule has 0 radical (unpaired) electrons. The molecule has 0 saturated heterocycles. The Kier molecular flexibility index (Phi) is 4.75. The van der Waals surface area contributed by atoms with Crippen molar-refractivity contribution in [3.05, 3.63) is 52.7 Å². The first-order valence-electron chi connectivity index (χ1n) is 8.30. The molecule has 0 aliphatic heterocycles. The molecule has 0 spiro atoms. The van der Waals surface area contributed by atoms with E-state index in [0.29, 0.717) is 5.41 Å². The molecule has 22 heavy (non-hydrogen) atoms. The monoisotopic (exact) mass is 296 g/mol. The molecule has 1 heterocycles. The SMILES string of the molecule is CCc1ccc(-c2cc(C)c(CC(C)(C)C)c[n+]2C)c(C)c1. The smallest absolute Gasteiger partial charge is 0.201 e. The summed E-state index contributed by atoms with van der Waals surface area (Å²) in [5.41, 5.74) is 8.56. The van der Waals surface area contributed by atoms with E-state index in [1.54, 1.807) is 0 Å². The summed E-state index contributed by atoms with van der Waals surface area (Å²) in [4.78, 5) is 0. The number of aromatic nitrogens is 1. The van der Waals surface area contributed by atoms with Crippen molar-refractivity contribution in [2.24, 2.45) is 12.5 Å². The van der Waals surface area contributed by atoms with Crippen LogP contribution in [0.4, 0.5) is 0 Å². The topological polar surface area (TPSA) is 3.88 Å². The number of pyridine rings is 1. The zero-order valence-corrected chi connectivity index (χ0v) is 15.2. The minimum Gasteiger partial charge on any atom is -0.201 e. The van der Waals surface area contributed by atoms with E-state index in [1.165, 1.54) is 33.5 Å². The second-order valence-electron chi connectivity index (χ2n) is 7.72. The maximum Gasteiger partial charge on any atom is 0.212 e. The van der Waals surface area contributed by atoms with Crippen LogP contribution in [0.15, 0.2) is 30.5 Å². The molecule has 0 fully saturated rings. The molecular weight excluding hydrogens is 266 g/mol. The van der Waals surface area contributed by atoms with Gasteiger partial charge in [-0.3, -0.25) is 0 Å². The standard InChI is InChI=1S/C21H30N/c1-8-17-9-10-19(16(3)11-17)20-12-15(2)18(14-22(20)7)13-21(4,5)6/h9-12,14H,8,13H2,1-7H3/q+1. The lowest BCUT2D eigenvalue weighted by Gasteiger charge is -2.19. The van der Waals surface area contributed by atoms with Crippen LogP contribution < -0.4 is 4.57 Å². The van der Waals surface area contributed by atoms with E-state index in [0.717, 1.165) is 12.8 Å². The number of benzene rings is 1. The van der Waals surface area contributed by atoms with Crippen molar-refractivity contribution in [2.45, 2.75) is 54.4 Å². The van der Waals surface area contributed by atoms with Gasteiger partial charge < -0.3 is 0 Å². The van der Waals surface area contributed by atoms with Crippen LogP contribution in [0.25, 0.3) is 11.3 Å². The Bertz CT molecular complexity index is 675. The zero-order valence-electron chi connectivity index (χ0n) is 15.2. The molecular formula is C21H30N+. The lowest BCUT2D eigenvalue weighted by atomic mass is 9.87. The van der Waals surface area contributed by atoms with Gasteiger partial charge in [0.2, 0.25) is 5.69 Å². The predicted molar refractivity (Wildman–Crippen MR) is 95.1 cm³/mol. The highest BCUT2D eigenvalue weighted by molar-refractivity contribution is 5.62. The van der Waals surface area contributed by atoms with Crippen LogP contribution in [-0.2, 0) is 19.9 Å². The minimum atomic E-state index is 0.317. The second-order valence-corrected chi connectivity index (χ2v) is 7.72. The summed E-state index contributed by atoms with van der Waals surface area (Å²) >= 11 is 0. The van der Waals surface area contributed by atoms with Gasteiger partial charge in [0.05, 0.1) is 0 Å². The minimum absolute atomic E-state index is 0.317. The Labute approximate surface area is 136 Å². The molecule has 0 atom stereocenters. The molecule has 0 aliphatic carbocycles. The van der Waals surface area contributed by atoms with Crippen molar-refractivity contribution in [2.75, 3.05) is 0 Å². The van der Waals surface area contributed by atoms with E-state index in [2.05, 4.69) is 83.6 Å². The summed E-state index contributed by atoms with van der Waals surface area (Å²) in [5.74, 6) is 0. The molecule has 0 bridgehead atoms. The summed E-state index contributed by atoms with van der Waals surface area (Å²) in [6.07, 6.45) is 4.51. The molecule has 118 valence electrons. The van der Waals surface area contributed by atoms with E-state index < -0.39 is 0 Å². The summed E-state index contributed by atoms with van der Waals surface area (Å²) in [6.45, 7) is 13.6. The lowest BCUT2D eigenvalue weighted by molar-refractivity contribution is -0.660. The van der Waals surface area contributed by atoms with E-state index in [-0.39, 0.29) is 0 Å². The molecule has 0 N–H and O–H groups in total. The van der Waals surface area contributed by atoms with Gasteiger partial charge in [-0.25, -0.2) is 4.57 Å². The highest BCUT2D eigenvalue weighted by atomic mass is 14.9. The van der Waals surface area contributed by atoms with Crippen LogP contribution in [0.3, 0.4) is 0 Å². The van der Waals surface area contributed by atoms with Gasteiger partial charge >= 0.3 is 0 Å². The lowest BCUT2D eigenvalue weighted by Crippen LogP contribution is -2.32. The third kappa shape index (κ3) is 3.76. The first-order valence-corrected chi connectivity index (χ1v) is 8.30. The van der Waals surface area contributed by atoms with Crippen LogP contribution in [0.5, 0.6) is 0 Å². The summed E-state index contributed by atoms with van der Waals surface area (Å²) in [6, 6.07) is 9.18. The van der Waals surface area contributed by atoms with Gasteiger partial charge in [-0.1, -0.05) is 39.8 Å². The van der Waals surface area contributed by atoms with Gasteiger partial charge in [0, 0.05) is 17.2 Å². The molecule has 1 nitrogen and oxygen atoms in total. The van der Waals surface area contributed by atoms with Crippen LogP contribution in [0.1, 0.15) is 49.9 Å². The van der Waals surface area contributed by atoms with E-state index >= 15 is 0 Å². The maximum atomic E-state index is 2.34. The molecule has 1 aromatic carbocycles. The molecule has 2 aromatic rings. The van der Waals surface area contributed by atoms with E-state index in [1.807, 2.05) is 0 Å². The number of hydrogen-bond donors (Lipinski definition) is 0. The third-order valence-electron chi connectivity index (χ3n) is 4.29. The zero-order chi connectivity index (χ0) is 16.5. The van der Waals surface area contributed by atoms with Crippen molar-refractivity contribution in [3.8, 4) is 11.3 Å². The van der Waals surface area contributed by atoms with Crippen molar-refractivity contribution >= 4 is 0 Å². The van der Waals surface area contributed by atoms with Crippen molar-refractivity contribution in [1.29, 1.82) is 0 Å². The number of nitrogens with zero attached hydrogens (tertiary/aromatic N) is 1. The normalized spacial score (nSPS) is 11.8. The number of aryl methyl sites for hydroxylation is 4. The van der Waals surface area contributed by atoms with Gasteiger partial charge in [0.15, 0.2) is 6.20 Å². The fraction of sp³-hybridized carbons (Fsp3) is 0.476. The van der Waals surface area contributed by atoms with Crippen LogP contribution in [0, 0.1) is 19.3 Å². The van der Waals surface area contributed by atoms with Gasteiger partial charge in [0.25, 0.3) is 0 Å². The van der Waals surface area contributed by atoms with Crippen molar-refractivity contribution in [1.82, 2.24) is 0 Å².